The van der Waals surface area contributed by atoms with Crippen molar-refractivity contribution >= 4 is 43.6 Å². The van der Waals surface area contributed by atoms with Gasteiger partial charge in [0.1, 0.15) is 5.78 Å². The van der Waals surface area contributed by atoms with Crippen molar-refractivity contribution in [2.75, 3.05) is 12.4 Å². The number of alkyl halides is 1. The fraction of sp³-hybridized carbons (Fsp3) is 0.273. The number of ether oxygens (including phenoxy) is 1. The Hall–Kier alpha value is -0.680. The minimum atomic E-state index is -0.432. The Bertz CT molecular complexity index is 416. The van der Waals surface area contributed by atoms with Gasteiger partial charge in [0, 0.05) is 10.9 Å². The lowest BCUT2D eigenvalue weighted by molar-refractivity contribution is -0.115. The maximum atomic E-state index is 11.5. The summed E-state index contributed by atoms with van der Waals surface area (Å²) in [6.45, 7) is 0. The number of carbonyl (C=O) groups excluding carboxylic acids is 2. The van der Waals surface area contributed by atoms with Gasteiger partial charge in [0.05, 0.1) is 18.0 Å². The van der Waals surface area contributed by atoms with E-state index in [0.717, 1.165) is 4.47 Å². The van der Waals surface area contributed by atoms with Crippen LogP contribution in [0.15, 0.2) is 22.7 Å². The highest BCUT2D eigenvalue weighted by atomic mass is 79.9. The first-order valence-corrected chi connectivity index (χ1v) is 6.45. The summed E-state index contributed by atoms with van der Waals surface area (Å²) in [6.07, 6.45) is 0.205. The van der Waals surface area contributed by atoms with Gasteiger partial charge < -0.3 is 4.74 Å². The van der Waals surface area contributed by atoms with Crippen LogP contribution in [0.1, 0.15) is 15.9 Å². The Balaban J connectivity index is 3.13. The van der Waals surface area contributed by atoms with Crippen LogP contribution in [0.25, 0.3) is 0 Å². The smallest absolute Gasteiger partial charge is 0.338 e. The SMILES string of the molecule is COC(=O)c1cccc(Br)c1CC(=O)CBr. The van der Waals surface area contributed by atoms with Gasteiger partial charge in [0.15, 0.2) is 0 Å². The fourth-order valence-corrected chi connectivity index (χ4v) is 1.99. The molecule has 0 unspecified atom stereocenters. The molecule has 0 saturated heterocycles. The number of hydrogen-bond donors (Lipinski definition) is 0. The first-order valence-electron chi connectivity index (χ1n) is 4.53. The van der Waals surface area contributed by atoms with Gasteiger partial charge >= 0.3 is 5.97 Å². The summed E-state index contributed by atoms with van der Waals surface area (Å²) in [4.78, 5) is 22.9. The van der Waals surface area contributed by atoms with Gasteiger partial charge in [-0.3, -0.25) is 4.79 Å². The molecule has 0 amide bonds. The minimum absolute atomic E-state index is 0.0112. The number of carbonyl (C=O) groups is 2. The topological polar surface area (TPSA) is 43.4 Å². The van der Waals surface area contributed by atoms with Crippen molar-refractivity contribution in [1.29, 1.82) is 0 Å². The largest absolute Gasteiger partial charge is 0.465 e. The molecular formula is C11H10Br2O3. The molecule has 0 saturated carbocycles. The molecule has 1 aromatic rings. The molecule has 0 aromatic heterocycles. The Morgan fingerprint density at radius 2 is 2.06 bits per heavy atom. The number of halogens is 2. The average Bonchev–Trinajstić information content (AvgIpc) is 2.30. The molecule has 0 aliphatic carbocycles. The molecule has 1 aromatic carbocycles. The summed E-state index contributed by atoms with van der Waals surface area (Å²) in [5, 5.41) is 0.273. The van der Waals surface area contributed by atoms with Crippen molar-refractivity contribution in [2.24, 2.45) is 0 Å². The van der Waals surface area contributed by atoms with E-state index in [-0.39, 0.29) is 17.5 Å². The molecule has 1 rings (SSSR count). The van der Waals surface area contributed by atoms with Crippen LogP contribution in [0.3, 0.4) is 0 Å². The van der Waals surface area contributed by atoms with Crippen molar-refractivity contribution in [1.82, 2.24) is 0 Å². The number of rotatable bonds is 4. The molecule has 5 heteroatoms. The van der Waals surface area contributed by atoms with E-state index in [0.29, 0.717) is 11.1 Å². The minimum Gasteiger partial charge on any atom is -0.465 e. The molecular weight excluding hydrogens is 340 g/mol. The molecule has 0 aliphatic rings. The summed E-state index contributed by atoms with van der Waals surface area (Å²) in [6, 6.07) is 5.18. The number of ketones is 1. The summed E-state index contributed by atoms with van der Waals surface area (Å²) in [5.74, 6) is -0.421. The van der Waals surface area contributed by atoms with E-state index < -0.39 is 5.97 Å². The van der Waals surface area contributed by atoms with Crippen molar-refractivity contribution in [3.63, 3.8) is 0 Å². The first-order chi connectivity index (χ1) is 7.60. The summed E-state index contributed by atoms with van der Waals surface area (Å²) >= 11 is 6.42. The Morgan fingerprint density at radius 3 is 2.62 bits per heavy atom. The summed E-state index contributed by atoms with van der Waals surface area (Å²) in [5.41, 5.74) is 1.09. The highest BCUT2D eigenvalue weighted by Gasteiger charge is 2.16. The van der Waals surface area contributed by atoms with Crippen molar-refractivity contribution in [2.45, 2.75) is 6.42 Å². The van der Waals surface area contributed by atoms with Crippen LogP contribution >= 0.6 is 31.9 Å². The van der Waals surface area contributed by atoms with Crippen LogP contribution < -0.4 is 0 Å². The predicted molar refractivity (Wildman–Crippen MR) is 68.0 cm³/mol. The van der Waals surface area contributed by atoms with E-state index in [2.05, 4.69) is 36.6 Å². The van der Waals surface area contributed by atoms with E-state index in [1.807, 2.05) is 0 Å². The average molecular weight is 350 g/mol. The van der Waals surface area contributed by atoms with Gasteiger partial charge in [-0.2, -0.15) is 0 Å². The van der Waals surface area contributed by atoms with Crippen LogP contribution in [0.2, 0.25) is 0 Å². The zero-order valence-electron chi connectivity index (χ0n) is 8.63. The van der Waals surface area contributed by atoms with Crippen LogP contribution in [-0.2, 0) is 16.0 Å². The molecule has 0 heterocycles. The van der Waals surface area contributed by atoms with Gasteiger partial charge in [-0.05, 0) is 17.7 Å². The monoisotopic (exact) mass is 348 g/mol. The molecule has 0 aliphatic heterocycles. The quantitative estimate of drug-likeness (QED) is 0.620. The van der Waals surface area contributed by atoms with Crippen LogP contribution in [0.4, 0.5) is 0 Å². The van der Waals surface area contributed by atoms with Crippen molar-refractivity contribution in [3.05, 3.63) is 33.8 Å². The van der Waals surface area contributed by atoms with E-state index in [1.165, 1.54) is 7.11 Å². The zero-order chi connectivity index (χ0) is 12.1. The van der Waals surface area contributed by atoms with E-state index in [4.69, 9.17) is 0 Å². The molecule has 0 radical (unpaired) electrons. The molecule has 3 nitrogen and oxygen atoms in total. The van der Waals surface area contributed by atoms with E-state index in [9.17, 15) is 9.59 Å². The maximum absolute atomic E-state index is 11.5. The number of Topliss-reactive ketones (excluding diaryl/α,β-unsaturated/α-hetero) is 1. The lowest BCUT2D eigenvalue weighted by Crippen LogP contribution is -2.11. The second-order valence-electron chi connectivity index (χ2n) is 3.11. The third-order valence-corrected chi connectivity index (χ3v) is 3.42. The Kier molecular flexibility index (Phi) is 5.15. The second-order valence-corrected chi connectivity index (χ2v) is 4.52. The van der Waals surface area contributed by atoms with Gasteiger partial charge in [-0.15, -0.1) is 0 Å². The third kappa shape index (κ3) is 3.15. The van der Waals surface area contributed by atoms with E-state index >= 15 is 0 Å². The fourth-order valence-electron chi connectivity index (χ4n) is 1.28. The number of hydrogen-bond acceptors (Lipinski definition) is 3. The number of benzene rings is 1. The zero-order valence-corrected chi connectivity index (χ0v) is 11.8. The summed E-state index contributed by atoms with van der Waals surface area (Å²) < 4.78 is 5.40. The molecule has 16 heavy (non-hydrogen) atoms. The Labute approximate surface area is 110 Å². The highest BCUT2D eigenvalue weighted by Crippen LogP contribution is 2.22. The predicted octanol–water partition coefficient (Wildman–Crippen LogP) is 2.74. The number of methoxy groups -OCH3 is 1. The van der Waals surface area contributed by atoms with Crippen LogP contribution in [0.5, 0.6) is 0 Å². The van der Waals surface area contributed by atoms with Gasteiger partial charge in [0.2, 0.25) is 0 Å². The molecule has 0 spiro atoms. The molecule has 0 bridgehead atoms. The van der Waals surface area contributed by atoms with Gasteiger partial charge in [-0.25, -0.2) is 4.79 Å². The lowest BCUT2D eigenvalue weighted by Gasteiger charge is -2.08. The molecule has 0 N–H and O–H groups in total. The standard InChI is InChI=1S/C11H10Br2O3/c1-16-11(15)8-3-2-4-10(13)9(8)5-7(14)6-12/h2-4H,5-6H2,1H3. The second kappa shape index (κ2) is 6.15. The van der Waals surface area contributed by atoms with E-state index in [1.54, 1.807) is 18.2 Å². The van der Waals surface area contributed by atoms with Crippen LogP contribution in [0, 0.1) is 0 Å². The Morgan fingerprint density at radius 1 is 1.38 bits per heavy atom. The van der Waals surface area contributed by atoms with Crippen molar-refractivity contribution in [3.8, 4) is 0 Å². The van der Waals surface area contributed by atoms with Gasteiger partial charge in [0.25, 0.3) is 0 Å². The maximum Gasteiger partial charge on any atom is 0.338 e. The third-order valence-electron chi connectivity index (χ3n) is 2.05. The normalized spacial score (nSPS) is 9.94. The van der Waals surface area contributed by atoms with Crippen LogP contribution in [-0.4, -0.2) is 24.2 Å². The van der Waals surface area contributed by atoms with Gasteiger partial charge in [-0.1, -0.05) is 37.9 Å². The van der Waals surface area contributed by atoms with Crippen molar-refractivity contribution < 1.29 is 14.3 Å². The number of esters is 1. The first kappa shape index (κ1) is 13.4. The lowest BCUT2D eigenvalue weighted by atomic mass is 10.0. The highest BCUT2D eigenvalue weighted by molar-refractivity contribution is 9.10. The molecule has 86 valence electrons. The summed E-state index contributed by atoms with van der Waals surface area (Å²) in [7, 11) is 1.32. The molecule has 0 atom stereocenters. The molecule has 0 fully saturated rings.